The molecule has 2 N–H and O–H groups in total. The third kappa shape index (κ3) is 6.97. The van der Waals surface area contributed by atoms with Crippen molar-refractivity contribution in [2.24, 2.45) is 4.99 Å². The Morgan fingerprint density at radius 1 is 1.29 bits per heavy atom. The zero-order valence-corrected chi connectivity index (χ0v) is 20.1. The van der Waals surface area contributed by atoms with Gasteiger partial charge in [-0.25, -0.2) is 4.98 Å². The van der Waals surface area contributed by atoms with E-state index in [-0.39, 0.29) is 24.0 Å². The average molecular weight is 514 g/mol. The molecule has 2 aromatic heterocycles. The van der Waals surface area contributed by atoms with Crippen molar-refractivity contribution in [1.29, 1.82) is 0 Å². The number of piperidine rings is 1. The standard InChI is InChI=1S/C20H30N6S.HI/c1-15-19(27-16(2)24-15)7-11-23-20(21-3)25-17-8-12-26(13-9-17)14-18-6-4-5-10-22-18;/h4-6,10,17H,7-9,11-14H2,1-3H3,(H2,21,23,25);1H. The van der Waals surface area contributed by atoms with Gasteiger partial charge in [0.05, 0.1) is 16.4 Å². The summed E-state index contributed by atoms with van der Waals surface area (Å²) in [6, 6.07) is 6.60. The summed E-state index contributed by atoms with van der Waals surface area (Å²) in [5.41, 5.74) is 2.30. The average Bonchev–Trinajstić information content (AvgIpc) is 3.00. The molecule has 0 amide bonds. The van der Waals surface area contributed by atoms with Crippen molar-refractivity contribution in [3.8, 4) is 0 Å². The van der Waals surface area contributed by atoms with Gasteiger partial charge in [0.2, 0.25) is 0 Å². The molecule has 8 heteroatoms. The van der Waals surface area contributed by atoms with E-state index in [0.29, 0.717) is 6.04 Å². The third-order valence-corrected chi connectivity index (χ3v) is 6.04. The molecular formula is C20H31IN6S. The van der Waals surface area contributed by atoms with Crippen molar-refractivity contribution in [2.45, 2.75) is 45.7 Å². The van der Waals surface area contributed by atoms with Crippen LogP contribution in [0.25, 0.3) is 0 Å². The summed E-state index contributed by atoms with van der Waals surface area (Å²) in [4.78, 5) is 17.1. The number of aliphatic imine (C=N–C) groups is 1. The number of halogens is 1. The van der Waals surface area contributed by atoms with Crippen LogP contribution in [-0.4, -0.2) is 53.6 Å². The molecule has 28 heavy (non-hydrogen) atoms. The fraction of sp³-hybridized carbons (Fsp3) is 0.550. The minimum absolute atomic E-state index is 0. The number of thiazole rings is 1. The topological polar surface area (TPSA) is 65.4 Å². The molecule has 0 aliphatic carbocycles. The molecule has 1 fully saturated rings. The van der Waals surface area contributed by atoms with Crippen LogP contribution in [0.4, 0.5) is 0 Å². The molecule has 0 aromatic carbocycles. The number of hydrogen-bond acceptors (Lipinski definition) is 5. The maximum absolute atomic E-state index is 4.50. The number of hydrogen-bond donors (Lipinski definition) is 2. The van der Waals surface area contributed by atoms with E-state index in [9.17, 15) is 0 Å². The van der Waals surface area contributed by atoms with Gasteiger partial charge in [-0.1, -0.05) is 6.07 Å². The monoisotopic (exact) mass is 514 g/mol. The molecule has 0 bridgehead atoms. The first-order chi connectivity index (χ1) is 13.1. The second-order valence-corrected chi connectivity index (χ2v) is 8.29. The first-order valence-electron chi connectivity index (χ1n) is 9.66. The maximum Gasteiger partial charge on any atom is 0.191 e. The molecule has 154 valence electrons. The summed E-state index contributed by atoms with van der Waals surface area (Å²) in [5.74, 6) is 0.900. The molecule has 3 heterocycles. The number of rotatable bonds is 6. The Morgan fingerprint density at radius 2 is 2.07 bits per heavy atom. The van der Waals surface area contributed by atoms with Gasteiger partial charge in [0.25, 0.3) is 0 Å². The first-order valence-corrected chi connectivity index (χ1v) is 10.5. The molecule has 0 saturated carbocycles. The van der Waals surface area contributed by atoms with Crippen molar-refractivity contribution in [3.63, 3.8) is 0 Å². The third-order valence-electron chi connectivity index (χ3n) is 4.91. The lowest BCUT2D eigenvalue weighted by Crippen LogP contribution is -2.48. The maximum atomic E-state index is 4.50. The number of nitrogens with one attached hydrogen (secondary N) is 2. The van der Waals surface area contributed by atoms with Gasteiger partial charge in [0, 0.05) is 56.8 Å². The molecule has 0 radical (unpaired) electrons. The highest BCUT2D eigenvalue weighted by Crippen LogP contribution is 2.17. The Hall–Kier alpha value is -1.26. The minimum atomic E-state index is 0. The number of pyridine rings is 1. The van der Waals surface area contributed by atoms with Crippen LogP contribution in [0, 0.1) is 13.8 Å². The highest BCUT2D eigenvalue weighted by molar-refractivity contribution is 14.0. The van der Waals surface area contributed by atoms with Crippen LogP contribution in [0.2, 0.25) is 0 Å². The van der Waals surface area contributed by atoms with Gasteiger partial charge in [0.1, 0.15) is 0 Å². The molecule has 1 saturated heterocycles. The van der Waals surface area contributed by atoms with E-state index in [0.717, 1.165) is 67.8 Å². The van der Waals surface area contributed by atoms with Crippen molar-refractivity contribution in [3.05, 3.63) is 45.7 Å². The lowest BCUT2D eigenvalue weighted by molar-refractivity contribution is 0.196. The van der Waals surface area contributed by atoms with Crippen molar-refractivity contribution < 1.29 is 0 Å². The van der Waals surface area contributed by atoms with Crippen LogP contribution < -0.4 is 10.6 Å². The van der Waals surface area contributed by atoms with E-state index in [1.54, 1.807) is 11.3 Å². The molecule has 0 unspecified atom stereocenters. The Bertz CT molecular complexity index is 740. The molecular weight excluding hydrogens is 483 g/mol. The van der Waals surface area contributed by atoms with E-state index in [1.807, 2.05) is 19.3 Å². The summed E-state index contributed by atoms with van der Waals surface area (Å²) >= 11 is 1.79. The van der Waals surface area contributed by atoms with E-state index in [1.165, 1.54) is 4.88 Å². The fourth-order valence-corrected chi connectivity index (χ4v) is 4.38. The van der Waals surface area contributed by atoms with Crippen LogP contribution in [0.3, 0.4) is 0 Å². The van der Waals surface area contributed by atoms with Crippen LogP contribution in [0.1, 0.15) is 34.1 Å². The highest BCUT2D eigenvalue weighted by atomic mass is 127. The Morgan fingerprint density at radius 3 is 2.68 bits per heavy atom. The molecule has 6 nitrogen and oxygen atoms in total. The Kier molecular flexibility index (Phi) is 9.60. The van der Waals surface area contributed by atoms with Gasteiger partial charge in [-0.2, -0.15) is 0 Å². The van der Waals surface area contributed by atoms with Crippen molar-refractivity contribution in [2.75, 3.05) is 26.7 Å². The van der Waals surface area contributed by atoms with E-state index >= 15 is 0 Å². The molecule has 1 aliphatic rings. The van der Waals surface area contributed by atoms with Gasteiger partial charge in [0.15, 0.2) is 5.96 Å². The second-order valence-electron chi connectivity index (χ2n) is 7.01. The van der Waals surface area contributed by atoms with E-state index < -0.39 is 0 Å². The molecule has 3 rings (SSSR count). The number of nitrogens with zero attached hydrogens (tertiary/aromatic N) is 4. The van der Waals surface area contributed by atoms with Crippen LogP contribution in [0.5, 0.6) is 0 Å². The molecule has 1 aliphatic heterocycles. The Balaban J connectivity index is 0.00000280. The van der Waals surface area contributed by atoms with E-state index in [4.69, 9.17) is 0 Å². The minimum Gasteiger partial charge on any atom is -0.356 e. The molecule has 0 spiro atoms. The lowest BCUT2D eigenvalue weighted by Gasteiger charge is -2.32. The predicted molar refractivity (Wildman–Crippen MR) is 128 cm³/mol. The van der Waals surface area contributed by atoms with Gasteiger partial charge in [-0.3, -0.25) is 14.9 Å². The fourth-order valence-electron chi connectivity index (χ4n) is 3.44. The van der Waals surface area contributed by atoms with Gasteiger partial charge < -0.3 is 10.6 Å². The Labute approximate surface area is 189 Å². The largest absolute Gasteiger partial charge is 0.356 e. The SMILES string of the molecule is CN=C(NCCc1sc(C)nc1C)NC1CCN(Cc2ccccn2)CC1.I. The second kappa shape index (κ2) is 11.7. The van der Waals surface area contributed by atoms with Crippen LogP contribution >= 0.6 is 35.3 Å². The predicted octanol–water partition coefficient (Wildman–Crippen LogP) is 3.15. The molecule has 2 aromatic rings. The first kappa shape index (κ1) is 23.0. The van der Waals surface area contributed by atoms with Gasteiger partial charge in [-0.05, 0) is 38.8 Å². The summed E-state index contributed by atoms with van der Waals surface area (Å²) in [6.45, 7) is 8.14. The number of aromatic nitrogens is 2. The zero-order valence-electron chi connectivity index (χ0n) is 16.9. The van der Waals surface area contributed by atoms with Crippen LogP contribution in [-0.2, 0) is 13.0 Å². The summed E-state index contributed by atoms with van der Waals surface area (Å²) in [5, 5.41) is 8.17. The number of likely N-dealkylation sites (tertiary alicyclic amines) is 1. The van der Waals surface area contributed by atoms with Crippen molar-refractivity contribution >= 4 is 41.3 Å². The lowest BCUT2D eigenvalue weighted by atomic mass is 10.0. The highest BCUT2D eigenvalue weighted by Gasteiger charge is 2.20. The summed E-state index contributed by atoms with van der Waals surface area (Å²) < 4.78 is 0. The van der Waals surface area contributed by atoms with Gasteiger partial charge >= 0.3 is 0 Å². The number of aryl methyl sites for hydroxylation is 2. The van der Waals surface area contributed by atoms with Crippen LogP contribution in [0.15, 0.2) is 29.4 Å². The molecule has 0 atom stereocenters. The van der Waals surface area contributed by atoms with E-state index in [2.05, 4.69) is 56.5 Å². The summed E-state index contributed by atoms with van der Waals surface area (Å²) in [6.07, 6.45) is 5.11. The zero-order chi connectivity index (χ0) is 19.1. The quantitative estimate of drug-likeness (QED) is 0.353. The van der Waals surface area contributed by atoms with Crippen molar-refractivity contribution in [1.82, 2.24) is 25.5 Å². The van der Waals surface area contributed by atoms with Gasteiger partial charge in [-0.15, -0.1) is 35.3 Å². The number of guanidine groups is 1. The summed E-state index contributed by atoms with van der Waals surface area (Å²) in [7, 11) is 1.84. The smallest absolute Gasteiger partial charge is 0.191 e. The normalized spacial score (nSPS) is 15.9.